The van der Waals surface area contributed by atoms with Crippen LogP contribution in [0.25, 0.3) is 11.0 Å². The van der Waals surface area contributed by atoms with E-state index in [9.17, 15) is 9.59 Å². The van der Waals surface area contributed by atoms with Crippen molar-refractivity contribution in [2.75, 3.05) is 7.11 Å². The van der Waals surface area contributed by atoms with E-state index in [0.29, 0.717) is 22.3 Å². The molecule has 23 heavy (non-hydrogen) atoms. The van der Waals surface area contributed by atoms with Crippen molar-refractivity contribution in [3.63, 3.8) is 0 Å². The molecule has 0 aliphatic rings. The number of nitrogens with zero attached hydrogens (tertiary/aromatic N) is 1. The fourth-order valence-corrected chi connectivity index (χ4v) is 2.48. The summed E-state index contributed by atoms with van der Waals surface area (Å²) in [6.45, 7) is 1.94. The average Bonchev–Trinajstić information content (AvgIpc) is 2.55. The molecule has 3 rings (SSSR count). The van der Waals surface area contributed by atoms with Gasteiger partial charge in [-0.3, -0.25) is 9.59 Å². The van der Waals surface area contributed by atoms with Crippen LogP contribution >= 0.6 is 0 Å². The van der Waals surface area contributed by atoms with E-state index in [1.807, 2.05) is 25.1 Å². The Labute approximate surface area is 133 Å². The van der Waals surface area contributed by atoms with Crippen molar-refractivity contribution in [1.29, 1.82) is 0 Å². The number of fused-ring (bicyclic) bond motifs is 1. The lowest BCUT2D eigenvalue weighted by molar-refractivity contribution is 0.0988. The molecule has 0 bridgehead atoms. The van der Waals surface area contributed by atoms with E-state index in [4.69, 9.17) is 4.74 Å². The van der Waals surface area contributed by atoms with E-state index < -0.39 is 0 Å². The molecule has 0 saturated carbocycles. The van der Waals surface area contributed by atoms with Crippen LogP contribution in [0.2, 0.25) is 0 Å². The van der Waals surface area contributed by atoms with Gasteiger partial charge in [0.25, 0.3) is 5.56 Å². The second-order valence-corrected chi connectivity index (χ2v) is 5.33. The Balaban J connectivity index is 1.98. The molecule has 0 aliphatic carbocycles. The molecule has 2 aromatic carbocycles. The summed E-state index contributed by atoms with van der Waals surface area (Å²) in [5, 5.41) is 0. The third-order valence-electron chi connectivity index (χ3n) is 3.65. The van der Waals surface area contributed by atoms with Crippen molar-refractivity contribution < 1.29 is 9.53 Å². The monoisotopic (exact) mass is 308 g/mol. The van der Waals surface area contributed by atoms with Gasteiger partial charge >= 0.3 is 0 Å². The van der Waals surface area contributed by atoms with E-state index in [1.165, 1.54) is 7.11 Å². The van der Waals surface area contributed by atoms with Crippen LogP contribution in [0.4, 0.5) is 0 Å². The fraction of sp³-hybridized carbons (Fsp3) is 0.167. The molecule has 0 saturated heterocycles. The van der Waals surface area contributed by atoms with Crippen molar-refractivity contribution in [3.8, 4) is 5.75 Å². The Morgan fingerprint density at radius 2 is 2.00 bits per heavy atom. The topological polar surface area (TPSA) is 72.0 Å². The summed E-state index contributed by atoms with van der Waals surface area (Å²) < 4.78 is 5.19. The molecule has 0 spiro atoms. The van der Waals surface area contributed by atoms with Crippen LogP contribution < -0.4 is 10.3 Å². The molecule has 1 N–H and O–H groups in total. The predicted molar refractivity (Wildman–Crippen MR) is 88.1 cm³/mol. The molecule has 0 radical (unpaired) electrons. The minimum atomic E-state index is -0.341. The third kappa shape index (κ3) is 2.99. The van der Waals surface area contributed by atoms with Crippen molar-refractivity contribution in [2.45, 2.75) is 13.3 Å². The second-order valence-electron chi connectivity index (χ2n) is 5.33. The van der Waals surface area contributed by atoms with Crippen LogP contribution in [0.3, 0.4) is 0 Å². The number of benzene rings is 2. The molecule has 0 aliphatic heterocycles. The fourth-order valence-electron chi connectivity index (χ4n) is 2.48. The van der Waals surface area contributed by atoms with Crippen molar-refractivity contribution >= 4 is 16.8 Å². The molecule has 5 heteroatoms. The van der Waals surface area contributed by atoms with E-state index in [2.05, 4.69) is 9.97 Å². The van der Waals surface area contributed by atoms with Crippen LogP contribution in [0, 0.1) is 6.92 Å². The van der Waals surface area contributed by atoms with Gasteiger partial charge in [0.15, 0.2) is 5.78 Å². The number of H-pyrrole nitrogens is 1. The van der Waals surface area contributed by atoms with Gasteiger partial charge in [-0.25, -0.2) is 4.98 Å². The molecule has 0 atom stereocenters. The standard InChI is InChI=1S/C18H16N2O3/c1-11-7-8-13-14(9-11)20-18(22)15(19-13)10-16(21)12-5-3-4-6-17(12)23-2/h3-9H,10H2,1-2H3,(H,20,22). The molecular formula is C18H16N2O3. The molecule has 0 fully saturated rings. The van der Waals surface area contributed by atoms with E-state index in [-0.39, 0.29) is 23.5 Å². The Kier molecular flexibility index (Phi) is 3.93. The largest absolute Gasteiger partial charge is 0.496 e. The molecule has 1 aromatic heterocycles. The number of ketones is 1. The Hall–Kier alpha value is -2.95. The van der Waals surface area contributed by atoms with Gasteiger partial charge in [-0.05, 0) is 36.8 Å². The summed E-state index contributed by atoms with van der Waals surface area (Å²) in [5.41, 5.74) is 2.68. The third-order valence-corrected chi connectivity index (χ3v) is 3.65. The zero-order valence-electron chi connectivity index (χ0n) is 12.9. The Morgan fingerprint density at radius 3 is 2.78 bits per heavy atom. The highest BCUT2D eigenvalue weighted by Crippen LogP contribution is 2.19. The average molecular weight is 308 g/mol. The van der Waals surface area contributed by atoms with Crippen molar-refractivity contribution in [1.82, 2.24) is 9.97 Å². The first-order valence-electron chi connectivity index (χ1n) is 7.24. The van der Waals surface area contributed by atoms with Crippen LogP contribution in [0.15, 0.2) is 47.3 Å². The second kappa shape index (κ2) is 6.04. The maximum absolute atomic E-state index is 12.5. The zero-order chi connectivity index (χ0) is 16.4. The quantitative estimate of drug-likeness (QED) is 0.752. The summed E-state index contributed by atoms with van der Waals surface area (Å²) in [6, 6.07) is 12.6. The summed E-state index contributed by atoms with van der Waals surface area (Å²) >= 11 is 0. The van der Waals surface area contributed by atoms with Crippen molar-refractivity contribution in [2.24, 2.45) is 0 Å². The summed E-state index contributed by atoms with van der Waals surface area (Å²) in [4.78, 5) is 31.7. The lowest BCUT2D eigenvalue weighted by Gasteiger charge is -2.07. The summed E-state index contributed by atoms with van der Waals surface area (Å²) in [6.07, 6.45) is -0.0699. The summed E-state index contributed by atoms with van der Waals surface area (Å²) in [5.74, 6) is 0.289. The van der Waals surface area contributed by atoms with E-state index in [0.717, 1.165) is 5.56 Å². The van der Waals surface area contributed by atoms with Gasteiger partial charge in [-0.15, -0.1) is 0 Å². The number of carbonyl (C=O) groups excluding carboxylic acids is 1. The Morgan fingerprint density at radius 1 is 1.22 bits per heavy atom. The van der Waals surface area contributed by atoms with Gasteiger partial charge in [0, 0.05) is 0 Å². The number of nitrogens with one attached hydrogen (secondary N) is 1. The zero-order valence-corrected chi connectivity index (χ0v) is 12.9. The number of aromatic nitrogens is 2. The SMILES string of the molecule is COc1ccccc1C(=O)Cc1nc2ccc(C)cc2[nH]c1=O. The molecule has 0 unspecified atom stereocenters. The number of hydrogen-bond donors (Lipinski definition) is 1. The number of methoxy groups -OCH3 is 1. The first-order valence-corrected chi connectivity index (χ1v) is 7.24. The van der Waals surface area contributed by atoms with Crippen LogP contribution in [-0.2, 0) is 6.42 Å². The molecular weight excluding hydrogens is 292 g/mol. The van der Waals surface area contributed by atoms with Gasteiger partial charge in [-0.2, -0.15) is 0 Å². The smallest absolute Gasteiger partial charge is 0.270 e. The van der Waals surface area contributed by atoms with Gasteiger partial charge < -0.3 is 9.72 Å². The van der Waals surface area contributed by atoms with Gasteiger partial charge in [-0.1, -0.05) is 18.2 Å². The number of Topliss-reactive ketones (excluding diaryl/α,β-unsaturated/α-hetero) is 1. The Bertz CT molecular complexity index is 944. The molecule has 3 aromatic rings. The first-order chi connectivity index (χ1) is 11.1. The molecule has 1 heterocycles. The van der Waals surface area contributed by atoms with Crippen LogP contribution in [0.5, 0.6) is 5.75 Å². The first kappa shape index (κ1) is 15.0. The van der Waals surface area contributed by atoms with Crippen molar-refractivity contribution in [3.05, 3.63) is 69.6 Å². The number of carbonyl (C=O) groups is 1. The molecule has 5 nitrogen and oxygen atoms in total. The lowest BCUT2D eigenvalue weighted by atomic mass is 10.1. The molecule has 0 amide bonds. The highest BCUT2D eigenvalue weighted by Gasteiger charge is 2.15. The minimum Gasteiger partial charge on any atom is -0.496 e. The number of para-hydroxylation sites is 1. The maximum atomic E-state index is 12.5. The number of aryl methyl sites for hydroxylation is 1. The number of aromatic amines is 1. The van der Waals surface area contributed by atoms with E-state index >= 15 is 0 Å². The molecule has 116 valence electrons. The predicted octanol–water partition coefficient (Wildman–Crippen LogP) is 2.67. The van der Waals surface area contributed by atoms with Crippen LogP contribution in [0.1, 0.15) is 21.6 Å². The maximum Gasteiger partial charge on any atom is 0.270 e. The minimum absolute atomic E-state index is 0.0699. The van der Waals surface area contributed by atoms with E-state index in [1.54, 1.807) is 24.3 Å². The normalized spacial score (nSPS) is 10.7. The summed E-state index contributed by atoms with van der Waals surface area (Å²) in [7, 11) is 1.51. The lowest BCUT2D eigenvalue weighted by Crippen LogP contribution is -2.19. The number of hydrogen-bond acceptors (Lipinski definition) is 4. The highest BCUT2D eigenvalue weighted by molar-refractivity contribution is 5.99. The van der Waals surface area contributed by atoms with Gasteiger partial charge in [0.2, 0.25) is 0 Å². The van der Waals surface area contributed by atoms with Gasteiger partial charge in [0.05, 0.1) is 30.1 Å². The van der Waals surface area contributed by atoms with Crippen LogP contribution in [-0.4, -0.2) is 22.9 Å². The van der Waals surface area contributed by atoms with Gasteiger partial charge in [0.1, 0.15) is 11.4 Å². The number of ether oxygens (including phenoxy) is 1. The highest BCUT2D eigenvalue weighted by atomic mass is 16.5. The number of rotatable bonds is 4.